The van der Waals surface area contributed by atoms with Gasteiger partial charge in [-0.25, -0.2) is 4.79 Å². The van der Waals surface area contributed by atoms with E-state index in [0.29, 0.717) is 6.42 Å². The van der Waals surface area contributed by atoms with Crippen LogP contribution in [0.4, 0.5) is 4.79 Å². The van der Waals surface area contributed by atoms with E-state index < -0.39 is 18.1 Å². The van der Waals surface area contributed by atoms with Crippen molar-refractivity contribution in [2.45, 2.75) is 39.3 Å². The molecule has 148 valence electrons. The second-order valence-corrected chi connectivity index (χ2v) is 7.18. The van der Waals surface area contributed by atoms with Crippen molar-refractivity contribution < 1.29 is 19.1 Å². The van der Waals surface area contributed by atoms with Gasteiger partial charge in [-0.3, -0.25) is 4.79 Å². The number of aldehydes is 1. The van der Waals surface area contributed by atoms with Crippen LogP contribution in [0.25, 0.3) is 0 Å². The minimum Gasteiger partial charge on any atom is -0.445 e. The van der Waals surface area contributed by atoms with E-state index in [1.54, 1.807) is 0 Å². The number of hydrogen-bond donors (Lipinski definition) is 1. The minimum absolute atomic E-state index is 0.0835. The van der Waals surface area contributed by atoms with Gasteiger partial charge in [0.05, 0.1) is 6.04 Å². The van der Waals surface area contributed by atoms with Gasteiger partial charge in [-0.1, -0.05) is 74.5 Å². The number of ether oxygens (including phenoxy) is 1. The highest BCUT2D eigenvalue weighted by molar-refractivity contribution is 5.89. The molecule has 1 N–H and O–H groups in total. The first-order valence-electron chi connectivity index (χ1n) is 9.48. The molecule has 0 bridgehead atoms. The molecule has 2 atom stereocenters. The highest BCUT2D eigenvalue weighted by atomic mass is 16.5. The maximum absolute atomic E-state index is 12.7. The van der Waals surface area contributed by atoms with Crippen LogP contribution in [-0.4, -0.2) is 24.2 Å². The summed E-state index contributed by atoms with van der Waals surface area (Å²) in [4.78, 5) is 36.3. The fourth-order valence-corrected chi connectivity index (χ4v) is 2.98. The maximum atomic E-state index is 12.7. The second-order valence-electron chi connectivity index (χ2n) is 7.18. The number of carbonyl (C=O) groups is 3. The molecule has 0 spiro atoms. The van der Waals surface area contributed by atoms with Crippen molar-refractivity contribution in [1.82, 2.24) is 5.32 Å². The highest BCUT2D eigenvalue weighted by Gasteiger charge is 2.27. The van der Waals surface area contributed by atoms with Gasteiger partial charge in [0.1, 0.15) is 12.9 Å². The summed E-state index contributed by atoms with van der Waals surface area (Å²) in [6, 6.07) is 18.2. The molecule has 0 radical (unpaired) electrons. The molecule has 2 aromatic carbocycles. The van der Waals surface area contributed by atoms with Crippen LogP contribution in [0.2, 0.25) is 0 Å². The monoisotopic (exact) mass is 381 g/mol. The molecule has 0 heterocycles. The van der Waals surface area contributed by atoms with Gasteiger partial charge in [0, 0.05) is 12.3 Å². The van der Waals surface area contributed by atoms with E-state index in [4.69, 9.17) is 4.74 Å². The summed E-state index contributed by atoms with van der Waals surface area (Å²) < 4.78 is 5.21. The van der Waals surface area contributed by atoms with Crippen LogP contribution in [0.1, 0.15) is 31.4 Å². The maximum Gasteiger partial charge on any atom is 0.408 e. The van der Waals surface area contributed by atoms with Crippen LogP contribution in [0.15, 0.2) is 60.7 Å². The fraction of sp³-hybridized carbons (Fsp3) is 0.348. The Morgan fingerprint density at radius 2 is 1.54 bits per heavy atom. The Labute approximate surface area is 166 Å². The molecule has 28 heavy (non-hydrogen) atoms. The van der Waals surface area contributed by atoms with E-state index in [1.807, 2.05) is 74.5 Å². The Kier molecular flexibility index (Phi) is 8.40. The standard InChI is InChI=1S/C23H27NO4/c1-17(2)22(24-23(27)28-16-19-11-7-4-8-12-19)21(26)14-20(15-25)13-18-9-5-3-6-10-18/h3-12,15,17,20,22H,13-14,16H2,1-2H3,(H,24,27)/t20?,22-/m0/s1. The average molecular weight is 381 g/mol. The van der Waals surface area contributed by atoms with Crippen LogP contribution >= 0.6 is 0 Å². The van der Waals surface area contributed by atoms with Crippen molar-refractivity contribution in [2.75, 3.05) is 0 Å². The quantitative estimate of drug-likeness (QED) is 0.633. The molecule has 0 aromatic heterocycles. The largest absolute Gasteiger partial charge is 0.445 e. The molecule has 5 nitrogen and oxygen atoms in total. The Hall–Kier alpha value is -2.95. The number of carbonyl (C=O) groups excluding carboxylic acids is 3. The number of nitrogens with one attached hydrogen (secondary N) is 1. The van der Waals surface area contributed by atoms with Gasteiger partial charge in [-0.05, 0) is 23.5 Å². The van der Waals surface area contributed by atoms with Crippen molar-refractivity contribution in [3.8, 4) is 0 Å². The zero-order chi connectivity index (χ0) is 20.4. The van der Waals surface area contributed by atoms with Crippen molar-refractivity contribution in [3.05, 3.63) is 71.8 Å². The molecule has 1 unspecified atom stereocenters. The van der Waals surface area contributed by atoms with E-state index in [-0.39, 0.29) is 24.7 Å². The predicted octanol–water partition coefficient (Wildman–Crippen LogP) is 3.95. The van der Waals surface area contributed by atoms with Crippen LogP contribution in [-0.2, 0) is 27.4 Å². The molecular weight excluding hydrogens is 354 g/mol. The van der Waals surface area contributed by atoms with Crippen molar-refractivity contribution in [2.24, 2.45) is 11.8 Å². The van der Waals surface area contributed by atoms with Gasteiger partial charge in [0.25, 0.3) is 0 Å². The summed E-state index contributed by atoms with van der Waals surface area (Å²) in [5.41, 5.74) is 1.87. The third-order valence-electron chi connectivity index (χ3n) is 4.50. The average Bonchev–Trinajstić information content (AvgIpc) is 2.71. The zero-order valence-electron chi connectivity index (χ0n) is 16.3. The van der Waals surface area contributed by atoms with Crippen LogP contribution < -0.4 is 5.32 Å². The lowest BCUT2D eigenvalue weighted by Crippen LogP contribution is -2.45. The number of benzene rings is 2. The lowest BCUT2D eigenvalue weighted by Gasteiger charge is -2.22. The van der Waals surface area contributed by atoms with Gasteiger partial charge < -0.3 is 14.8 Å². The van der Waals surface area contributed by atoms with E-state index in [9.17, 15) is 14.4 Å². The molecule has 0 aliphatic carbocycles. The van der Waals surface area contributed by atoms with Crippen molar-refractivity contribution >= 4 is 18.2 Å². The molecule has 0 aliphatic heterocycles. The van der Waals surface area contributed by atoms with Gasteiger partial charge >= 0.3 is 6.09 Å². The van der Waals surface area contributed by atoms with Gasteiger partial charge in [-0.15, -0.1) is 0 Å². The summed E-state index contributed by atoms with van der Waals surface area (Å²) in [7, 11) is 0. The summed E-state index contributed by atoms with van der Waals surface area (Å²) in [5, 5.41) is 2.65. The van der Waals surface area contributed by atoms with E-state index >= 15 is 0 Å². The summed E-state index contributed by atoms with van der Waals surface area (Å²) in [6.07, 6.45) is 0.761. The summed E-state index contributed by atoms with van der Waals surface area (Å²) in [6.45, 7) is 3.84. The van der Waals surface area contributed by atoms with Gasteiger partial charge in [-0.2, -0.15) is 0 Å². The zero-order valence-corrected chi connectivity index (χ0v) is 16.3. The van der Waals surface area contributed by atoms with Crippen LogP contribution in [0, 0.1) is 11.8 Å². The molecule has 2 aromatic rings. The Morgan fingerprint density at radius 3 is 2.07 bits per heavy atom. The molecule has 1 amide bonds. The Morgan fingerprint density at radius 1 is 0.964 bits per heavy atom. The van der Waals surface area contributed by atoms with E-state index in [1.165, 1.54) is 0 Å². The minimum atomic E-state index is -0.693. The van der Waals surface area contributed by atoms with E-state index in [0.717, 1.165) is 17.4 Å². The smallest absolute Gasteiger partial charge is 0.408 e. The molecule has 0 saturated heterocycles. The predicted molar refractivity (Wildman–Crippen MR) is 108 cm³/mol. The molecule has 0 saturated carbocycles. The number of hydrogen-bond acceptors (Lipinski definition) is 4. The number of ketones is 1. The van der Waals surface area contributed by atoms with Crippen LogP contribution in [0.3, 0.4) is 0 Å². The number of rotatable bonds is 10. The first-order chi connectivity index (χ1) is 13.5. The molecule has 2 rings (SSSR count). The van der Waals surface area contributed by atoms with E-state index in [2.05, 4.69) is 5.32 Å². The lowest BCUT2D eigenvalue weighted by molar-refractivity contribution is -0.125. The first kappa shape index (κ1) is 21.4. The third kappa shape index (κ3) is 6.99. The molecular formula is C23H27NO4. The summed E-state index contributed by atoms with van der Waals surface area (Å²) in [5.74, 6) is -0.696. The van der Waals surface area contributed by atoms with Gasteiger partial charge in [0.15, 0.2) is 5.78 Å². The Balaban J connectivity index is 1.90. The number of Topliss-reactive ketones (excluding diaryl/α,β-unsaturated/α-hetero) is 1. The number of amides is 1. The number of alkyl carbamates (subject to hydrolysis) is 1. The SMILES string of the molecule is CC(C)[C@H](NC(=O)OCc1ccccc1)C(=O)CC(C=O)Cc1ccccc1. The first-order valence-corrected chi connectivity index (χ1v) is 9.48. The Bertz CT molecular complexity index is 759. The molecule has 0 aliphatic rings. The third-order valence-corrected chi connectivity index (χ3v) is 4.50. The van der Waals surface area contributed by atoms with Crippen LogP contribution in [0.5, 0.6) is 0 Å². The van der Waals surface area contributed by atoms with Gasteiger partial charge in [0.2, 0.25) is 0 Å². The molecule has 0 fully saturated rings. The fourth-order valence-electron chi connectivity index (χ4n) is 2.98. The highest BCUT2D eigenvalue weighted by Crippen LogP contribution is 2.15. The van der Waals surface area contributed by atoms with Crippen molar-refractivity contribution in [3.63, 3.8) is 0 Å². The normalized spacial score (nSPS) is 12.8. The topological polar surface area (TPSA) is 72.5 Å². The summed E-state index contributed by atoms with van der Waals surface area (Å²) >= 11 is 0. The molecule has 5 heteroatoms. The lowest BCUT2D eigenvalue weighted by atomic mass is 9.90. The second kappa shape index (κ2) is 11.0. The van der Waals surface area contributed by atoms with Crippen molar-refractivity contribution in [1.29, 1.82) is 0 Å².